The van der Waals surface area contributed by atoms with Crippen molar-refractivity contribution in [3.8, 4) is 0 Å². The fourth-order valence-electron chi connectivity index (χ4n) is 1.22. The monoisotopic (exact) mass is 273 g/mol. The zero-order valence-electron chi connectivity index (χ0n) is 9.08. The fourth-order valence-corrected chi connectivity index (χ4v) is 3.25. The van der Waals surface area contributed by atoms with Crippen molar-refractivity contribution < 1.29 is 12.9 Å². The van der Waals surface area contributed by atoms with Gasteiger partial charge in [-0.15, -0.1) is 0 Å². The first-order valence-electron chi connectivity index (χ1n) is 4.89. The Morgan fingerprint density at radius 3 is 2.94 bits per heavy atom. The van der Waals surface area contributed by atoms with E-state index in [1.807, 2.05) is 0 Å². The number of nitrogens with zero attached hydrogens (tertiary/aromatic N) is 2. The minimum Gasteiger partial charge on any atom is -0.364 e. The first-order chi connectivity index (χ1) is 8.08. The summed E-state index contributed by atoms with van der Waals surface area (Å²) in [6, 6.07) is 1.55. The summed E-state index contributed by atoms with van der Waals surface area (Å²) in [6.45, 7) is 2.06. The van der Waals surface area contributed by atoms with Crippen LogP contribution >= 0.6 is 11.5 Å². The van der Waals surface area contributed by atoms with Gasteiger partial charge in [0.25, 0.3) is 10.0 Å². The quantitative estimate of drug-likeness (QED) is 0.877. The van der Waals surface area contributed by atoms with Gasteiger partial charge in [0.1, 0.15) is 6.26 Å². The van der Waals surface area contributed by atoms with Crippen LogP contribution < -0.4 is 4.72 Å². The first-order valence-corrected chi connectivity index (χ1v) is 7.15. The normalized spacial score (nSPS) is 11.8. The maximum atomic E-state index is 11.8. The van der Waals surface area contributed by atoms with Gasteiger partial charge >= 0.3 is 0 Å². The molecule has 0 bridgehead atoms. The van der Waals surface area contributed by atoms with E-state index in [9.17, 15) is 8.42 Å². The highest BCUT2D eigenvalue weighted by Gasteiger charge is 2.16. The van der Waals surface area contributed by atoms with Crippen LogP contribution in [0.15, 0.2) is 27.3 Å². The van der Waals surface area contributed by atoms with Crippen LogP contribution in [0.4, 0.5) is 0 Å². The Bertz CT molecular complexity index is 574. The molecule has 0 unspecified atom stereocenters. The Kier molecular flexibility index (Phi) is 3.55. The van der Waals surface area contributed by atoms with E-state index in [0.29, 0.717) is 18.7 Å². The molecule has 0 amide bonds. The molecular weight excluding hydrogens is 262 g/mol. The molecule has 0 fully saturated rings. The van der Waals surface area contributed by atoms with E-state index in [4.69, 9.17) is 0 Å². The Hall–Kier alpha value is -1.25. The molecule has 0 aromatic carbocycles. The highest BCUT2D eigenvalue weighted by Crippen LogP contribution is 2.15. The van der Waals surface area contributed by atoms with Crippen LogP contribution in [0.25, 0.3) is 0 Å². The van der Waals surface area contributed by atoms with Gasteiger partial charge in [-0.3, -0.25) is 0 Å². The molecule has 92 valence electrons. The second kappa shape index (κ2) is 4.94. The van der Waals surface area contributed by atoms with Crippen molar-refractivity contribution in [2.45, 2.75) is 17.6 Å². The van der Waals surface area contributed by atoms with Crippen molar-refractivity contribution >= 4 is 21.6 Å². The van der Waals surface area contributed by atoms with E-state index in [1.54, 1.807) is 19.2 Å². The summed E-state index contributed by atoms with van der Waals surface area (Å²) in [5.41, 5.74) is 1.56. The van der Waals surface area contributed by atoms with Crippen LogP contribution in [0, 0.1) is 6.92 Å². The molecule has 0 saturated heterocycles. The van der Waals surface area contributed by atoms with Crippen molar-refractivity contribution in [2.24, 2.45) is 0 Å². The zero-order valence-corrected chi connectivity index (χ0v) is 10.7. The third kappa shape index (κ3) is 3.11. The molecule has 0 aliphatic rings. The van der Waals surface area contributed by atoms with Gasteiger partial charge in [-0.05, 0) is 30.9 Å². The summed E-state index contributed by atoms with van der Waals surface area (Å²) in [6.07, 6.45) is 3.59. The molecule has 0 aliphatic carbocycles. The molecule has 2 rings (SSSR count). The lowest BCUT2D eigenvalue weighted by Crippen LogP contribution is -2.25. The van der Waals surface area contributed by atoms with E-state index < -0.39 is 10.0 Å². The summed E-state index contributed by atoms with van der Waals surface area (Å²) >= 11 is 0.973. The highest BCUT2D eigenvalue weighted by molar-refractivity contribution is 7.91. The van der Waals surface area contributed by atoms with Crippen molar-refractivity contribution in [2.75, 3.05) is 6.54 Å². The van der Waals surface area contributed by atoms with Crippen LogP contribution in [-0.4, -0.2) is 24.5 Å². The molecule has 6 nitrogen and oxygen atoms in total. The molecule has 2 aromatic heterocycles. The molecule has 8 heteroatoms. The molecule has 2 aromatic rings. The number of hydrogen-bond acceptors (Lipinski definition) is 6. The van der Waals surface area contributed by atoms with Crippen molar-refractivity contribution in [3.63, 3.8) is 0 Å². The van der Waals surface area contributed by atoms with Gasteiger partial charge in [-0.2, -0.15) is 4.37 Å². The number of aromatic nitrogens is 2. The minimum atomic E-state index is -3.44. The lowest BCUT2D eigenvalue weighted by atomic mass is 10.3. The van der Waals surface area contributed by atoms with Gasteiger partial charge < -0.3 is 4.52 Å². The van der Waals surface area contributed by atoms with Gasteiger partial charge in [0.05, 0.1) is 11.9 Å². The summed E-state index contributed by atoms with van der Waals surface area (Å²) in [5.74, 6) is 0. The van der Waals surface area contributed by atoms with E-state index in [1.165, 1.54) is 6.26 Å². The van der Waals surface area contributed by atoms with Crippen molar-refractivity contribution in [1.82, 2.24) is 14.3 Å². The number of hydrogen-bond donors (Lipinski definition) is 1. The predicted molar refractivity (Wildman–Crippen MR) is 62.2 cm³/mol. The molecule has 0 spiro atoms. The van der Waals surface area contributed by atoms with Crippen LogP contribution in [-0.2, 0) is 16.4 Å². The SMILES string of the molecule is Cc1cc(S(=O)(=O)NCCc2cnoc2)sn1. The largest absolute Gasteiger partial charge is 0.364 e. The molecule has 1 N–H and O–H groups in total. The molecule has 0 aliphatic heterocycles. The third-order valence-electron chi connectivity index (χ3n) is 2.06. The van der Waals surface area contributed by atoms with Gasteiger partial charge in [-0.1, -0.05) is 5.16 Å². The van der Waals surface area contributed by atoms with Gasteiger partial charge in [0.2, 0.25) is 0 Å². The Morgan fingerprint density at radius 1 is 1.53 bits per heavy atom. The number of rotatable bonds is 5. The van der Waals surface area contributed by atoms with Crippen LogP contribution in [0.5, 0.6) is 0 Å². The highest BCUT2D eigenvalue weighted by atomic mass is 32.2. The smallest absolute Gasteiger partial charge is 0.251 e. The summed E-state index contributed by atoms with van der Waals surface area (Å²) in [4.78, 5) is 0. The molecular formula is C9H11N3O3S2. The maximum absolute atomic E-state index is 11.8. The summed E-state index contributed by atoms with van der Waals surface area (Å²) < 4.78 is 34.9. The standard InChI is InChI=1S/C9H11N3O3S2/c1-7-4-9(16-12-7)17(13,14)11-3-2-8-5-10-15-6-8/h4-6,11H,2-3H2,1H3. The zero-order chi connectivity index (χ0) is 12.3. The van der Waals surface area contributed by atoms with Crippen LogP contribution in [0.1, 0.15) is 11.3 Å². The number of nitrogens with one attached hydrogen (secondary N) is 1. The van der Waals surface area contributed by atoms with E-state index in [0.717, 1.165) is 17.1 Å². The Morgan fingerprint density at radius 2 is 2.35 bits per heavy atom. The average Bonchev–Trinajstić information content (AvgIpc) is 2.89. The van der Waals surface area contributed by atoms with Crippen molar-refractivity contribution in [1.29, 1.82) is 0 Å². The molecule has 0 saturated carbocycles. The van der Waals surface area contributed by atoms with E-state index in [-0.39, 0.29) is 4.21 Å². The fraction of sp³-hybridized carbons (Fsp3) is 0.333. The third-order valence-corrected chi connectivity index (χ3v) is 4.85. The van der Waals surface area contributed by atoms with Crippen LogP contribution in [0.3, 0.4) is 0 Å². The van der Waals surface area contributed by atoms with E-state index >= 15 is 0 Å². The first kappa shape index (κ1) is 12.2. The minimum absolute atomic E-state index is 0.236. The second-order valence-corrected chi connectivity index (χ2v) is 6.27. The Labute approximate surface area is 103 Å². The maximum Gasteiger partial charge on any atom is 0.251 e. The molecule has 0 atom stereocenters. The average molecular weight is 273 g/mol. The predicted octanol–water partition coefficient (Wildman–Crippen LogP) is 0.961. The van der Waals surface area contributed by atoms with Crippen LogP contribution in [0.2, 0.25) is 0 Å². The summed E-state index contributed by atoms with van der Waals surface area (Å²) in [5, 5.41) is 3.54. The Balaban J connectivity index is 1.94. The topological polar surface area (TPSA) is 85.1 Å². The molecule has 0 radical (unpaired) electrons. The number of aryl methyl sites for hydroxylation is 1. The van der Waals surface area contributed by atoms with E-state index in [2.05, 4.69) is 18.8 Å². The molecule has 17 heavy (non-hydrogen) atoms. The second-order valence-electron chi connectivity index (χ2n) is 3.47. The van der Waals surface area contributed by atoms with Crippen molar-refractivity contribution in [3.05, 3.63) is 29.8 Å². The van der Waals surface area contributed by atoms with Gasteiger partial charge in [0.15, 0.2) is 4.21 Å². The van der Waals surface area contributed by atoms with Gasteiger partial charge in [-0.25, -0.2) is 13.1 Å². The summed E-state index contributed by atoms with van der Waals surface area (Å²) in [7, 11) is -3.44. The number of sulfonamides is 1. The molecule has 2 heterocycles. The lowest BCUT2D eigenvalue weighted by molar-refractivity contribution is 0.419. The lowest BCUT2D eigenvalue weighted by Gasteiger charge is -2.02. The van der Waals surface area contributed by atoms with Gasteiger partial charge in [0, 0.05) is 12.1 Å².